The van der Waals surface area contributed by atoms with Gasteiger partial charge in [0, 0.05) is 32.4 Å². The van der Waals surface area contributed by atoms with Gasteiger partial charge in [0.1, 0.15) is 25.5 Å². The van der Waals surface area contributed by atoms with Gasteiger partial charge in [-0.1, -0.05) is 83.5 Å². The highest BCUT2D eigenvalue weighted by Gasteiger charge is 2.21. The van der Waals surface area contributed by atoms with Crippen molar-refractivity contribution in [3.8, 4) is 0 Å². The number of hydrogen-bond donors (Lipinski definition) is 8. The molecule has 348 valence electrons. The van der Waals surface area contributed by atoms with Crippen LogP contribution in [0.15, 0.2) is 0 Å². The number of rotatable bonds is 45. The number of carbonyl (C=O) groups excluding carboxylic acids is 5. The molecule has 0 aromatic heterocycles. The summed E-state index contributed by atoms with van der Waals surface area (Å²) in [4.78, 5) is 81.4. The molecule has 1 unspecified atom stereocenters. The smallest absolute Gasteiger partial charge is 0.326 e. The molecule has 2 atom stereocenters. The van der Waals surface area contributed by atoms with Crippen LogP contribution in [0.2, 0.25) is 0 Å². The second-order valence-corrected chi connectivity index (χ2v) is 14.6. The molecule has 0 fully saturated rings. The van der Waals surface area contributed by atoms with Crippen molar-refractivity contribution in [2.24, 2.45) is 5.73 Å². The first-order chi connectivity index (χ1) is 29.1. The number of hydrogen-bond acceptors (Lipinski definition) is 13. The largest absolute Gasteiger partial charge is 0.481 e. The van der Waals surface area contributed by atoms with Gasteiger partial charge in [-0.05, 0) is 38.6 Å². The Kier molecular flexibility index (Phi) is 39.3. The summed E-state index contributed by atoms with van der Waals surface area (Å²) in [7, 11) is 0. The van der Waals surface area contributed by atoms with Crippen molar-refractivity contribution in [3.05, 3.63) is 0 Å². The standard InChI is InChI=1S/C41H76N6O13/c42-22-16-15-17-34(31-48)46-47-39(52)33-60-30-28-58-26-24-44-38(51)32-59-29-27-57-25-23-43-36(49)21-20-35(41(55)56)45-37(50)18-13-11-9-7-5-3-1-2-4-6-8-10-12-14-19-40(53)54/h31,34-35,46H,1-30,32-33,42H2,(H,43,49)(H,44,51)(H,45,50)(H,47,52)(H,53,54)(H,55,56)/t34-,35?/m0/s1. The molecule has 4 amide bonds. The Bertz CT molecular complexity index is 1150. The van der Waals surface area contributed by atoms with E-state index in [1.807, 2.05) is 0 Å². The molecule has 0 aromatic rings. The molecule has 0 heterocycles. The highest BCUT2D eigenvalue weighted by atomic mass is 16.5. The van der Waals surface area contributed by atoms with Crippen molar-refractivity contribution in [1.29, 1.82) is 0 Å². The number of hydrazine groups is 1. The molecule has 0 radical (unpaired) electrons. The highest BCUT2D eigenvalue weighted by Crippen LogP contribution is 2.14. The average molecular weight is 861 g/mol. The molecule has 19 nitrogen and oxygen atoms in total. The number of aliphatic carboxylic acids is 2. The van der Waals surface area contributed by atoms with Crippen molar-refractivity contribution in [2.45, 2.75) is 147 Å². The second kappa shape index (κ2) is 42.0. The molecule has 0 aliphatic carbocycles. The number of ether oxygens (including phenoxy) is 4. The topological polar surface area (TPSA) is 283 Å². The Morgan fingerprint density at radius 2 is 1.00 bits per heavy atom. The highest BCUT2D eigenvalue weighted by molar-refractivity contribution is 5.84. The van der Waals surface area contributed by atoms with E-state index in [1.54, 1.807) is 0 Å². The molecule has 19 heteroatoms. The SMILES string of the molecule is NCCCC[C@@H](C=O)NNC(=O)COCCOCCNC(=O)COCCOCCNC(=O)CCC(NC(=O)CCCCCCCCCCCCCCCCC(=O)O)C(=O)O. The van der Waals surface area contributed by atoms with Crippen LogP contribution in [0.4, 0.5) is 0 Å². The molecule has 0 saturated heterocycles. The van der Waals surface area contributed by atoms with Crippen molar-refractivity contribution in [1.82, 2.24) is 26.8 Å². The molecule has 9 N–H and O–H groups in total. The molecule has 60 heavy (non-hydrogen) atoms. The van der Waals surface area contributed by atoms with Crippen LogP contribution in [0.5, 0.6) is 0 Å². The maximum absolute atomic E-state index is 12.3. The number of unbranched alkanes of at least 4 members (excludes halogenated alkanes) is 14. The monoisotopic (exact) mass is 861 g/mol. The molecule has 0 aliphatic heterocycles. The molecule has 0 aromatic carbocycles. The summed E-state index contributed by atoms with van der Waals surface area (Å²) in [5.41, 5.74) is 10.5. The van der Waals surface area contributed by atoms with Crippen LogP contribution in [-0.4, -0.2) is 137 Å². The first kappa shape index (κ1) is 56.2. The normalized spacial score (nSPS) is 12.0. The number of carboxylic acids is 2. The van der Waals surface area contributed by atoms with Gasteiger partial charge in [0.25, 0.3) is 5.91 Å². The van der Waals surface area contributed by atoms with Crippen LogP contribution in [0.1, 0.15) is 135 Å². The molecule has 0 rings (SSSR count). The number of amides is 4. The summed E-state index contributed by atoms with van der Waals surface area (Å²) in [5.74, 6) is -3.35. The fourth-order valence-electron chi connectivity index (χ4n) is 5.81. The molecule has 0 bridgehead atoms. The van der Waals surface area contributed by atoms with Crippen LogP contribution in [-0.2, 0) is 52.5 Å². The van der Waals surface area contributed by atoms with E-state index < -0.39 is 29.9 Å². The molecule has 0 aliphatic rings. The third kappa shape index (κ3) is 39.7. The summed E-state index contributed by atoms with van der Waals surface area (Å²) < 4.78 is 21.2. The Balaban J connectivity index is 3.68. The van der Waals surface area contributed by atoms with Crippen LogP contribution in [0.3, 0.4) is 0 Å². The Morgan fingerprint density at radius 1 is 0.517 bits per heavy atom. The minimum absolute atomic E-state index is 0.0303. The zero-order valence-corrected chi connectivity index (χ0v) is 35.8. The minimum Gasteiger partial charge on any atom is -0.481 e. The van der Waals surface area contributed by atoms with Gasteiger partial charge in [0.2, 0.25) is 17.7 Å². The lowest BCUT2D eigenvalue weighted by molar-refractivity contribution is -0.142. The molecule has 0 spiro atoms. The third-order valence-corrected chi connectivity index (χ3v) is 9.22. The van der Waals surface area contributed by atoms with Gasteiger partial charge in [0.05, 0.1) is 45.7 Å². The fourth-order valence-corrected chi connectivity index (χ4v) is 5.81. The van der Waals surface area contributed by atoms with E-state index in [-0.39, 0.29) is 109 Å². The van der Waals surface area contributed by atoms with Gasteiger partial charge in [-0.25, -0.2) is 10.2 Å². The van der Waals surface area contributed by atoms with E-state index in [0.29, 0.717) is 19.4 Å². The summed E-state index contributed by atoms with van der Waals surface area (Å²) in [6.45, 7) is 1.79. The zero-order valence-electron chi connectivity index (χ0n) is 35.8. The number of nitrogens with two attached hydrogens (primary N) is 1. The van der Waals surface area contributed by atoms with E-state index in [1.165, 1.54) is 44.9 Å². The van der Waals surface area contributed by atoms with E-state index in [0.717, 1.165) is 57.7 Å². The number of carbonyl (C=O) groups is 7. The van der Waals surface area contributed by atoms with E-state index >= 15 is 0 Å². The molecular weight excluding hydrogens is 784 g/mol. The zero-order chi connectivity index (χ0) is 44.3. The van der Waals surface area contributed by atoms with Crippen LogP contribution >= 0.6 is 0 Å². The van der Waals surface area contributed by atoms with Crippen molar-refractivity contribution in [3.63, 3.8) is 0 Å². The lowest BCUT2D eigenvalue weighted by Gasteiger charge is -2.14. The van der Waals surface area contributed by atoms with Gasteiger partial charge >= 0.3 is 11.9 Å². The third-order valence-electron chi connectivity index (χ3n) is 9.22. The maximum atomic E-state index is 12.3. The second-order valence-electron chi connectivity index (χ2n) is 14.6. The van der Waals surface area contributed by atoms with Crippen LogP contribution in [0, 0.1) is 0 Å². The Labute approximate surface area is 356 Å². The lowest BCUT2D eigenvalue weighted by atomic mass is 10.0. The minimum atomic E-state index is -1.19. The van der Waals surface area contributed by atoms with Crippen molar-refractivity contribution in [2.75, 3.05) is 72.5 Å². The van der Waals surface area contributed by atoms with E-state index in [9.17, 15) is 38.7 Å². The predicted molar refractivity (Wildman–Crippen MR) is 224 cm³/mol. The fraction of sp³-hybridized carbons (Fsp3) is 0.829. The van der Waals surface area contributed by atoms with Gasteiger partial charge in [-0.2, -0.15) is 0 Å². The number of carboxylic acid groups (broad SMARTS) is 2. The lowest BCUT2D eigenvalue weighted by Crippen LogP contribution is -2.46. The van der Waals surface area contributed by atoms with Gasteiger partial charge in [0.15, 0.2) is 0 Å². The first-order valence-electron chi connectivity index (χ1n) is 21.9. The molecule has 0 saturated carbocycles. The molecular formula is C41H76N6O13. The van der Waals surface area contributed by atoms with Gasteiger partial charge in [-0.15, -0.1) is 0 Å². The van der Waals surface area contributed by atoms with Crippen molar-refractivity contribution < 1.29 is 62.7 Å². The predicted octanol–water partition coefficient (Wildman–Crippen LogP) is 2.28. The van der Waals surface area contributed by atoms with E-state index in [4.69, 9.17) is 29.8 Å². The maximum Gasteiger partial charge on any atom is 0.326 e. The van der Waals surface area contributed by atoms with Gasteiger partial charge in [-0.3, -0.25) is 29.4 Å². The summed E-state index contributed by atoms with van der Waals surface area (Å²) in [6.07, 6.45) is 18.3. The van der Waals surface area contributed by atoms with Crippen LogP contribution in [0.25, 0.3) is 0 Å². The number of nitrogens with one attached hydrogen (secondary N) is 5. The Hall–Kier alpha value is -3.75. The number of aldehydes is 1. The average Bonchev–Trinajstić information content (AvgIpc) is 3.22. The summed E-state index contributed by atoms with van der Waals surface area (Å²) in [6, 6.07) is -1.63. The quantitative estimate of drug-likeness (QED) is 0.0248. The van der Waals surface area contributed by atoms with E-state index in [2.05, 4.69) is 26.8 Å². The van der Waals surface area contributed by atoms with Crippen molar-refractivity contribution >= 4 is 41.9 Å². The van der Waals surface area contributed by atoms with Crippen LogP contribution < -0.4 is 32.5 Å². The van der Waals surface area contributed by atoms with Gasteiger partial charge < -0.3 is 55.6 Å². The summed E-state index contributed by atoms with van der Waals surface area (Å²) in [5, 5.41) is 26.0. The first-order valence-corrected chi connectivity index (χ1v) is 21.9. The summed E-state index contributed by atoms with van der Waals surface area (Å²) >= 11 is 0. The Morgan fingerprint density at radius 3 is 1.50 bits per heavy atom.